The van der Waals surface area contributed by atoms with Crippen LogP contribution in [0.2, 0.25) is 0 Å². The van der Waals surface area contributed by atoms with Gasteiger partial charge in [-0.05, 0) is 31.9 Å². The monoisotopic (exact) mass is 248 g/mol. The van der Waals surface area contributed by atoms with Crippen LogP contribution in [0.3, 0.4) is 0 Å². The fourth-order valence-electron chi connectivity index (χ4n) is 1.88. The summed E-state index contributed by atoms with van der Waals surface area (Å²) in [6.45, 7) is 6.15. The van der Waals surface area contributed by atoms with Gasteiger partial charge in [0, 0.05) is 11.5 Å². The largest absolute Gasteiger partial charge is 0.462 e. The van der Waals surface area contributed by atoms with Gasteiger partial charge in [-0.25, -0.2) is 4.79 Å². The van der Waals surface area contributed by atoms with Crippen LogP contribution in [-0.2, 0) is 4.74 Å². The van der Waals surface area contributed by atoms with E-state index in [1.807, 2.05) is 13.8 Å². The first kappa shape index (κ1) is 14.4. The first-order valence-electron chi connectivity index (χ1n) is 6.45. The summed E-state index contributed by atoms with van der Waals surface area (Å²) in [5.41, 5.74) is 1.15. The van der Waals surface area contributed by atoms with Crippen molar-refractivity contribution >= 4 is 11.8 Å². The molecule has 0 radical (unpaired) electrons. The molecule has 0 fully saturated rings. The molecular formula is C15H20O3. The maximum atomic E-state index is 12.1. The van der Waals surface area contributed by atoms with Crippen molar-refractivity contribution in [3.63, 3.8) is 0 Å². The summed E-state index contributed by atoms with van der Waals surface area (Å²) in [5, 5.41) is 0. The molecule has 0 aromatic heterocycles. The molecule has 0 saturated heterocycles. The molecule has 1 rings (SSSR count). The Balaban J connectivity index is 2.82. The Morgan fingerprint density at radius 1 is 1.00 bits per heavy atom. The Labute approximate surface area is 108 Å². The molecule has 0 bridgehead atoms. The molecule has 3 nitrogen and oxygen atoms in total. The number of Topliss-reactive ketones (excluding diaryl/α,β-unsaturated/α-hetero) is 1. The van der Waals surface area contributed by atoms with Crippen molar-refractivity contribution in [2.45, 2.75) is 33.6 Å². The number of ketones is 1. The third-order valence-corrected chi connectivity index (χ3v) is 3.04. The zero-order chi connectivity index (χ0) is 13.5. The highest BCUT2D eigenvalue weighted by Gasteiger charge is 2.16. The van der Waals surface area contributed by atoms with Crippen LogP contribution in [0.25, 0.3) is 0 Å². The first-order chi connectivity index (χ1) is 8.63. The van der Waals surface area contributed by atoms with Gasteiger partial charge in [-0.15, -0.1) is 0 Å². The van der Waals surface area contributed by atoms with Gasteiger partial charge < -0.3 is 4.74 Å². The van der Waals surface area contributed by atoms with Gasteiger partial charge in [0.05, 0.1) is 12.2 Å². The van der Waals surface area contributed by atoms with Crippen molar-refractivity contribution in [2.75, 3.05) is 6.61 Å². The van der Waals surface area contributed by atoms with Crippen LogP contribution in [0.5, 0.6) is 0 Å². The van der Waals surface area contributed by atoms with Crippen LogP contribution in [0.15, 0.2) is 24.3 Å². The van der Waals surface area contributed by atoms with E-state index >= 15 is 0 Å². The molecule has 0 aliphatic heterocycles. The lowest BCUT2D eigenvalue weighted by molar-refractivity contribution is 0.0526. The summed E-state index contributed by atoms with van der Waals surface area (Å²) in [5.74, 6) is -0.132. The Morgan fingerprint density at radius 3 is 1.94 bits per heavy atom. The second-order valence-corrected chi connectivity index (χ2v) is 4.18. The van der Waals surface area contributed by atoms with E-state index in [0.29, 0.717) is 17.7 Å². The second-order valence-electron chi connectivity index (χ2n) is 4.18. The van der Waals surface area contributed by atoms with Crippen molar-refractivity contribution in [3.05, 3.63) is 35.4 Å². The number of hydrogen-bond donors (Lipinski definition) is 0. The second kappa shape index (κ2) is 6.94. The van der Waals surface area contributed by atoms with Crippen LogP contribution >= 0.6 is 0 Å². The summed E-state index contributed by atoms with van der Waals surface area (Å²) in [6.07, 6.45) is 1.68. The van der Waals surface area contributed by atoms with Crippen LogP contribution in [-0.4, -0.2) is 18.4 Å². The number of carbonyl (C=O) groups is 2. The van der Waals surface area contributed by atoms with E-state index in [1.165, 1.54) is 0 Å². The Bertz CT molecular complexity index is 402. The molecule has 0 aliphatic rings. The maximum Gasteiger partial charge on any atom is 0.338 e. The van der Waals surface area contributed by atoms with Crippen molar-refractivity contribution in [3.8, 4) is 0 Å². The third-order valence-electron chi connectivity index (χ3n) is 3.04. The quantitative estimate of drug-likeness (QED) is 0.571. The van der Waals surface area contributed by atoms with Gasteiger partial charge >= 0.3 is 5.97 Å². The molecule has 0 heterocycles. The van der Waals surface area contributed by atoms with E-state index in [1.54, 1.807) is 31.2 Å². The third kappa shape index (κ3) is 3.42. The average Bonchev–Trinajstić information content (AvgIpc) is 2.40. The van der Waals surface area contributed by atoms with Crippen molar-refractivity contribution in [1.29, 1.82) is 0 Å². The summed E-state index contributed by atoms with van der Waals surface area (Å²) in [7, 11) is 0. The zero-order valence-electron chi connectivity index (χ0n) is 11.2. The highest BCUT2D eigenvalue weighted by molar-refractivity contribution is 5.99. The van der Waals surface area contributed by atoms with Gasteiger partial charge in [0.25, 0.3) is 0 Å². The van der Waals surface area contributed by atoms with E-state index in [0.717, 1.165) is 12.8 Å². The molecule has 0 spiro atoms. The molecule has 0 amide bonds. The molecule has 1 aromatic rings. The van der Waals surface area contributed by atoms with Gasteiger partial charge in [-0.3, -0.25) is 4.79 Å². The lowest BCUT2D eigenvalue weighted by atomic mass is 9.93. The summed E-state index contributed by atoms with van der Waals surface area (Å²) >= 11 is 0. The maximum absolute atomic E-state index is 12.1. The Morgan fingerprint density at radius 2 is 1.50 bits per heavy atom. The van der Waals surface area contributed by atoms with Gasteiger partial charge in [0.1, 0.15) is 0 Å². The molecule has 0 saturated carbocycles. The minimum atomic E-state index is -0.348. The van der Waals surface area contributed by atoms with E-state index in [-0.39, 0.29) is 17.7 Å². The van der Waals surface area contributed by atoms with E-state index in [4.69, 9.17) is 4.74 Å². The van der Waals surface area contributed by atoms with Gasteiger partial charge in [-0.1, -0.05) is 26.0 Å². The van der Waals surface area contributed by atoms with E-state index < -0.39 is 0 Å². The zero-order valence-corrected chi connectivity index (χ0v) is 11.2. The Kier molecular flexibility index (Phi) is 5.56. The van der Waals surface area contributed by atoms with Crippen LogP contribution < -0.4 is 0 Å². The lowest BCUT2D eigenvalue weighted by Crippen LogP contribution is -2.13. The van der Waals surface area contributed by atoms with Gasteiger partial charge in [0.2, 0.25) is 0 Å². The number of benzene rings is 1. The number of ether oxygens (including phenoxy) is 1. The van der Waals surface area contributed by atoms with Gasteiger partial charge in [-0.2, -0.15) is 0 Å². The minimum Gasteiger partial charge on any atom is -0.462 e. The lowest BCUT2D eigenvalue weighted by Gasteiger charge is -2.11. The molecule has 1 aromatic carbocycles. The van der Waals surface area contributed by atoms with Crippen LogP contribution in [0.1, 0.15) is 54.3 Å². The van der Waals surface area contributed by atoms with Gasteiger partial charge in [0.15, 0.2) is 5.78 Å². The molecule has 0 unspecified atom stereocenters. The fourth-order valence-corrected chi connectivity index (χ4v) is 1.88. The highest BCUT2D eigenvalue weighted by atomic mass is 16.5. The summed E-state index contributed by atoms with van der Waals surface area (Å²) in [4.78, 5) is 23.6. The van der Waals surface area contributed by atoms with Crippen molar-refractivity contribution < 1.29 is 14.3 Å². The number of rotatable bonds is 6. The highest BCUT2D eigenvalue weighted by Crippen LogP contribution is 2.16. The van der Waals surface area contributed by atoms with Crippen molar-refractivity contribution in [1.82, 2.24) is 0 Å². The topological polar surface area (TPSA) is 43.4 Å². The van der Waals surface area contributed by atoms with E-state index in [2.05, 4.69) is 0 Å². The smallest absolute Gasteiger partial charge is 0.338 e. The molecule has 0 N–H and O–H groups in total. The molecule has 0 aliphatic carbocycles. The van der Waals surface area contributed by atoms with E-state index in [9.17, 15) is 9.59 Å². The van der Waals surface area contributed by atoms with Crippen molar-refractivity contribution in [2.24, 2.45) is 5.92 Å². The molecule has 3 heteroatoms. The molecule has 0 atom stereocenters. The molecule has 18 heavy (non-hydrogen) atoms. The summed E-state index contributed by atoms with van der Waals surface area (Å²) < 4.78 is 4.89. The average molecular weight is 248 g/mol. The number of esters is 1. The van der Waals surface area contributed by atoms with Crippen LogP contribution in [0, 0.1) is 5.92 Å². The molecular weight excluding hydrogens is 228 g/mol. The van der Waals surface area contributed by atoms with Crippen LogP contribution in [0.4, 0.5) is 0 Å². The number of hydrogen-bond acceptors (Lipinski definition) is 3. The standard InChI is InChI=1S/C15H20O3/c1-4-11(5-2)14(16)12-7-9-13(10-8-12)15(17)18-6-3/h7-11H,4-6H2,1-3H3. The number of carbonyl (C=O) groups excluding carboxylic acids is 2. The summed E-state index contributed by atoms with van der Waals surface area (Å²) in [6, 6.07) is 6.70. The fraction of sp³-hybridized carbons (Fsp3) is 0.467. The predicted molar refractivity (Wildman–Crippen MR) is 70.8 cm³/mol. The SMILES string of the molecule is CCOC(=O)c1ccc(C(=O)C(CC)CC)cc1. The molecule has 98 valence electrons. The minimum absolute atomic E-state index is 0.0680. The predicted octanol–water partition coefficient (Wildman–Crippen LogP) is 3.48. The Hall–Kier alpha value is -1.64. The normalized spacial score (nSPS) is 10.4. The first-order valence-corrected chi connectivity index (χ1v) is 6.45.